The second kappa shape index (κ2) is 12.2. The number of esters is 1. The second-order valence-corrected chi connectivity index (χ2v) is 11.1. The molecule has 0 spiro atoms. The lowest BCUT2D eigenvalue weighted by Crippen LogP contribution is -2.53. The number of amides is 2. The van der Waals surface area contributed by atoms with Crippen LogP contribution in [0, 0.1) is 0 Å². The number of hydrogen-bond acceptors (Lipinski definition) is 8. The second-order valence-electron chi connectivity index (χ2n) is 9.73. The van der Waals surface area contributed by atoms with E-state index in [1.165, 1.54) is 18.9 Å². The molecule has 2 fully saturated rings. The summed E-state index contributed by atoms with van der Waals surface area (Å²) in [4.78, 5) is 45.4. The van der Waals surface area contributed by atoms with Gasteiger partial charge in [-0.25, -0.2) is 4.79 Å². The summed E-state index contributed by atoms with van der Waals surface area (Å²) in [7, 11) is 4.50. The summed E-state index contributed by atoms with van der Waals surface area (Å²) in [6.45, 7) is 1.73. The summed E-state index contributed by atoms with van der Waals surface area (Å²) in [6.07, 6.45) is -0.0426. The fourth-order valence-corrected chi connectivity index (χ4v) is 6.83. The number of rotatable bonds is 8. The first-order valence-electron chi connectivity index (χ1n) is 13.2. The maximum absolute atomic E-state index is 14.6. The number of carbonyl (C=O) groups excluding carboxylic acids is 3. The van der Waals surface area contributed by atoms with Gasteiger partial charge in [-0.3, -0.25) is 9.59 Å². The smallest absolute Gasteiger partial charge is 0.337 e. The van der Waals surface area contributed by atoms with Gasteiger partial charge in [-0.05, 0) is 60.2 Å². The third-order valence-electron chi connectivity index (χ3n) is 7.38. The molecule has 0 aliphatic carbocycles. The SMILES string of the molecule is COC(=O)c1cccc(N2C(=O)C[C@](Sc3ccc(OC)cc3)(C(=O)N3CCOCC3)[C@H]2c2ccc(OC)cc2)c1. The van der Waals surface area contributed by atoms with Gasteiger partial charge in [0, 0.05) is 23.7 Å². The first-order chi connectivity index (χ1) is 19.9. The zero-order valence-electron chi connectivity index (χ0n) is 23.2. The Bertz CT molecular complexity index is 1410. The predicted octanol–water partition coefficient (Wildman–Crippen LogP) is 4.36. The normalized spacial score (nSPS) is 20.6. The molecule has 2 atom stereocenters. The Kier molecular flexibility index (Phi) is 8.51. The van der Waals surface area contributed by atoms with Gasteiger partial charge in [-0.2, -0.15) is 0 Å². The molecule has 0 bridgehead atoms. The molecule has 3 aromatic carbocycles. The topological polar surface area (TPSA) is 94.6 Å². The number of hydrogen-bond donors (Lipinski definition) is 0. The minimum atomic E-state index is -1.22. The minimum Gasteiger partial charge on any atom is -0.497 e. The highest BCUT2D eigenvalue weighted by Crippen LogP contribution is 2.55. The Hall–Kier alpha value is -4.02. The van der Waals surface area contributed by atoms with E-state index < -0.39 is 16.8 Å². The number of anilines is 1. The van der Waals surface area contributed by atoms with Crippen molar-refractivity contribution in [2.24, 2.45) is 0 Å². The average Bonchev–Trinajstić information content (AvgIpc) is 3.33. The summed E-state index contributed by atoms with van der Waals surface area (Å²) in [5, 5.41) is 0. The van der Waals surface area contributed by atoms with Crippen LogP contribution in [0.25, 0.3) is 0 Å². The van der Waals surface area contributed by atoms with Crippen LogP contribution in [0.15, 0.2) is 77.7 Å². The Morgan fingerprint density at radius 2 is 1.54 bits per heavy atom. The lowest BCUT2D eigenvalue weighted by Gasteiger charge is -2.40. The molecule has 2 aliphatic heterocycles. The van der Waals surface area contributed by atoms with Crippen LogP contribution in [-0.2, 0) is 19.1 Å². The van der Waals surface area contributed by atoms with E-state index in [2.05, 4.69) is 0 Å². The molecule has 0 saturated carbocycles. The van der Waals surface area contributed by atoms with Gasteiger partial charge in [-0.15, -0.1) is 11.8 Å². The summed E-state index contributed by atoms with van der Waals surface area (Å²) in [5.41, 5.74) is 1.58. The first-order valence-corrected chi connectivity index (χ1v) is 14.1. The highest BCUT2D eigenvalue weighted by Gasteiger charge is 2.59. The molecule has 214 valence electrons. The van der Waals surface area contributed by atoms with Crippen LogP contribution in [-0.4, -0.2) is 75.1 Å². The number of nitrogens with zero attached hydrogens (tertiary/aromatic N) is 2. The highest BCUT2D eigenvalue weighted by molar-refractivity contribution is 8.01. The largest absolute Gasteiger partial charge is 0.497 e. The van der Waals surface area contributed by atoms with Gasteiger partial charge in [-0.1, -0.05) is 18.2 Å². The molecule has 0 aromatic heterocycles. The molecule has 0 N–H and O–H groups in total. The third kappa shape index (κ3) is 5.62. The van der Waals surface area contributed by atoms with Crippen molar-refractivity contribution < 1.29 is 33.3 Å². The summed E-state index contributed by atoms with van der Waals surface area (Å²) in [6, 6.07) is 20.9. The van der Waals surface area contributed by atoms with E-state index in [9.17, 15) is 14.4 Å². The predicted molar refractivity (Wildman–Crippen MR) is 155 cm³/mol. The zero-order valence-corrected chi connectivity index (χ0v) is 24.0. The van der Waals surface area contributed by atoms with Gasteiger partial charge in [0.15, 0.2) is 0 Å². The Balaban J connectivity index is 1.69. The summed E-state index contributed by atoms with van der Waals surface area (Å²) < 4.78 is 20.0. The minimum absolute atomic E-state index is 0.0426. The number of ether oxygens (including phenoxy) is 4. The van der Waals surface area contributed by atoms with Crippen LogP contribution >= 0.6 is 11.8 Å². The van der Waals surface area contributed by atoms with Gasteiger partial charge in [0.05, 0.1) is 52.6 Å². The van der Waals surface area contributed by atoms with Crippen LogP contribution in [0.2, 0.25) is 0 Å². The molecule has 9 nitrogen and oxygen atoms in total. The van der Waals surface area contributed by atoms with Gasteiger partial charge >= 0.3 is 5.97 Å². The number of methoxy groups -OCH3 is 3. The van der Waals surface area contributed by atoms with Crippen LogP contribution in [0.1, 0.15) is 28.4 Å². The molecule has 2 saturated heterocycles. The van der Waals surface area contributed by atoms with Crippen LogP contribution in [0.4, 0.5) is 5.69 Å². The molecule has 5 rings (SSSR count). The Morgan fingerprint density at radius 3 is 2.15 bits per heavy atom. The van der Waals surface area contributed by atoms with Crippen molar-refractivity contribution in [2.45, 2.75) is 22.1 Å². The van der Waals surface area contributed by atoms with Gasteiger partial charge < -0.3 is 28.7 Å². The third-order valence-corrected chi connectivity index (χ3v) is 8.79. The molecular formula is C31H32N2O7S. The lowest BCUT2D eigenvalue weighted by molar-refractivity contribution is -0.138. The van der Waals surface area contributed by atoms with E-state index in [0.717, 1.165) is 10.5 Å². The molecule has 10 heteroatoms. The number of thioether (sulfide) groups is 1. The van der Waals surface area contributed by atoms with Crippen LogP contribution < -0.4 is 14.4 Å². The highest BCUT2D eigenvalue weighted by atomic mass is 32.2. The monoisotopic (exact) mass is 576 g/mol. The van der Waals surface area contributed by atoms with E-state index in [4.69, 9.17) is 18.9 Å². The standard InChI is InChI=1S/C31H32N2O7S/c1-37-24-9-7-21(8-10-24)28-31(30(36)32-15-17-40-18-16-32,41-26-13-11-25(38-2)12-14-26)20-27(34)33(28)23-6-4-5-22(19-23)29(35)39-3/h4-14,19,28H,15-18,20H2,1-3H3/t28-,31-/m1/s1. The fraction of sp³-hybridized carbons (Fsp3) is 0.323. The molecule has 3 aromatic rings. The molecule has 2 amide bonds. The van der Waals surface area contributed by atoms with Crippen molar-refractivity contribution in [3.8, 4) is 11.5 Å². The lowest BCUT2D eigenvalue weighted by atomic mass is 9.90. The zero-order chi connectivity index (χ0) is 29.0. The Morgan fingerprint density at radius 1 is 0.902 bits per heavy atom. The van der Waals surface area contributed by atoms with E-state index in [1.54, 1.807) is 48.3 Å². The molecule has 2 aliphatic rings. The molecule has 2 heterocycles. The number of carbonyl (C=O) groups is 3. The van der Waals surface area contributed by atoms with Crippen molar-refractivity contribution in [1.82, 2.24) is 4.90 Å². The fourth-order valence-electron chi connectivity index (χ4n) is 5.37. The van der Waals surface area contributed by atoms with E-state index in [1.807, 2.05) is 48.5 Å². The number of morpholine rings is 1. The van der Waals surface area contributed by atoms with Gasteiger partial charge in [0.2, 0.25) is 11.8 Å². The molecule has 0 unspecified atom stereocenters. The molecular weight excluding hydrogens is 544 g/mol. The van der Waals surface area contributed by atoms with Crippen molar-refractivity contribution >= 4 is 35.2 Å². The summed E-state index contributed by atoms with van der Waals surface area (Å²) >= 11 is 1.38. The van der Waals surface area contributed by atoms with Gasteiger partial charge in [0.1, 0.15) is 16.2 Å². The van der Waals surface area contributed by atoms with Crippen molar-refractivity contribution in [2.75, 3.05) is 52.5 Å². The quantitative estimate of drug-likeness (QED) is 0.365. The van der Waals surface area contributed by atoms with Crippen LogP contribution in [0.3, 0.4) is 0 Å². The first kappa shape index (κ1) is 28.5. The number of benzene rings is 3. The maximum Gasteiger partial charge on any atom is 0.337 e. The van der Waals surface area contributed by atoms with Crippen molar-refractivity contribution in [1.29, 1.82) is 0 Å². The maximum atomic E-state index is 14.6. The summed E-state index contributed by atoms with van der Waals surface area (Å²) in [5.74, 6) is 0.476. The van der Waals surface area contributed by atoms with Crippen molar-refractivity contribution in [3.63, 3.8) is 0 Å². The van der Waals surface area contributed by atoms with E-state index in [-0.39, 0.29) is 18.2 Å². The molecule has 0 radical (unpaired) electrons. The average molecular weight is 577 g/mol. The van der Waals surface area contributed by atoms with E-state index >= 15 is 0 Å². The van der Waals surface area contributed by atoms with Crippen LogP contribution in [0.5, 0.6) is 11.5 Å². The van der Waals surface area contributed by atoms with Crippen molar-refractivity contribution in [3.05, 3.63) is 83.9 Å². The molecule has 41 heavy (non-hydrogen) atoms. The van der Waals surface area contributed by atoms with E-state index in [0.29, 0.717) is 49.1 Å². The Labute approximate surface area is 243 Å². The van der Waals surface area contributed by atoms with Gasteiger partial charge in [0.25, 0.3) is 0 Å².